The van der Waals surface area contributed by atoms with Gasteiger partial charge in [0, 0.05) is 0 Å². The van der Waals surface area contributed by atoms with Gasteiger partial charge in [-0.1, -0.05) is 18.2 Å². The summed E-state index contributed by atoms with van der Waals surface area (Å²) < 4.78 is 12.7. The van der Waals surface area contributed by atoms with Crippen LogP contribution in [0.4, 0.5) is 4.39 Å². The van der Waals surface area contributed by atoms with Gasteiger partial charge in [0.2, 0.25) is 0 Å². The number of rotatable bonds is 1. The molecule has 1 fully saturated rings. The molecular weight excluding hydrogens is 191 g/mol. The third kappa shape index (κ3) is 1.48. The van der Waals surface area contributed by atoms with Gasteiger partial charge < -0.3 is 0 Å². The zero-order valence-electron chi connectivity index (χ0n) is 8.23. The fourth-order valence-electron chi connectivity index (χ4n) is 2.22. The molecule has 3 heteroatoms. The van der Waals surface area contributed by atoms with E-state index in [4.69, 9.17) is 0 Å². The molecule has 15 heavy (non-hydrogen) atoms. The highest BCUT2D eigenvalue weighted by molar-refractivity contribution is 5.57. The van der Waals surface area contributed by atoms with Gasteiger partial charge in [0.05, 0.1) is 12.1 Å². The summed E-state index contributed by atoms with van der Waals surface area (Å²) in [5.74, 6) is -0.194. The molecule has 76 valence electrons. The van der Waals surface area contributed by atoms with Crippen LogP contribution in [-0.2, 0) is 0 Å². The Hall–Kier alpha value is -1.51. The van der Waals surface area contributed by atoms with Gasteiger partial charge in [-0.2, -0.15) is 10.2 Å². The Morgan fingerprint density at radius 2 is 1.67 bits per heavy atom. The van der Waals surface area contributed by atoms with Crippen LogP contribution in [0.15, 0.2) is 40.1 Å². The average Bonchev–Trinajstić information content (AvgIpc) is 2.81. The SMILES string of the molecule is Fc1ccc(C=C2C3CCC2N=N3)cc1. The number of nitrogens with zero attached hydrogens (tertiary/aromatic N) is 2. The summed E-state index contributed by atoms with van der Waals surface area (Å²) in [7, 11) is 0. The molecule has 2 unspecified atom stereocenters. The average molecular weight is 202 g/mol. The quantitative estimate of drug-likeness (QED) is 0.668. The second-order valence-corrected chi connectivity index (χ2v) is 4.04. The smallest absolute Gasteiger partial charge is 0.123 e. The zero-order valence-corrected chi connectivity index (χ0v) is 8.23. The lowest BCUT2D eigenvalue weighted by Gasteiger charge is -2.00. The molecular formula is C12H11FN2. The molecule has 1 aliphatic heterocycles. The molecule has 0 N–H and O–H groups in total. The molecule has 1 aliphatic carbocycles. The lowest BCUT2D eigenvalue weighted by Crippen LogP contribution is -1.98. The van der Waals surface area contributed by atoms with Crippen LogP contribution >= 0.6 is 0 Å². The van der Waals surface area contributed by atoms with Crippen LogP contribution in [0.5, 0.6) is 0 Å². The van der Waals surface area contributed by atoms with Gasteiger partial charge in [0.15, 0.2) is 0 Å². The van der Waals surface area contributed by atoms with Gasteiger partial charge in [-0.3, -0.25) is 0 Å². The fraction of sp³-hybridized carbons (Fsp3) is 0.333. The topological polar surface area (TPSA) is 24.7 Å². The van der Waals surface area contributed by atoms with Crippen LogP contribution in [0.1, 0.15) is 18.4 Å². The van der Waals surface area contributed by atoms with Crippen molar-refractivity contribution in [2.45, 2.75) is 24.9 Å². The predicted octanol–water partition coefficient (Wildman–Crippen LogP) is 3.21. The molecule has 2 bridgehead atoms. The van der Waals surface area contributed by atoms with Crippen molar-refractivity contribution in [2.24, 2.45) is 10.2 Å². The summed E-state index contributed by atoms with van der Waals surface area (Å²) >= 11 is 0. The van der Waals surface area contributed by atoms with E-state index in [9.17, 15) is 4.39 Å². The van der Waals surface area contributed by atoms with Crippen LogP contribution in [0.25, 0.3) is 6.08 Å². The summed E-state index contributed by atoms with van der Waals surface area (Å²) in [5.41, 5.74) is 2.33. The standard InChI is InChI=1S/C12H11FN2/c13-9-3-1-8(2-4-9)7-10-11-5-6-12(10)15-14-11/h1-4,7,11-12H,5-6H2. The fourth-order valence-corrected chi connectivity index (χ4v) is 2.22. The monoisotopic (exact) mass is 202 g/mol. The van der Waals surface area contributed by atoms with Crippen molar-refractivity contribution in [3.63, 3.8) is 0 Å². The Morgan fingerprint density at radius 1 is 1.07 bits per heavy atom. The maximum absolute atomic E-state index is 12.7. The first-order valence-corrected chi connectivity index (χ1v) is 5.20. The van der Waals surface area contributed by atoms with E-state index in [0.717, 1.165) is 18.4 Å². The molecule has 2 atom stereocenters. The van der Waals surface area contributed by atoms with Gasteiger partial charge in [-0.05, 0) is 36.1 Å². The molecule has 1 saturated carbocycles. The van der Waals surface area contributed by atoms with Crippen molar-refractivity contribution in [1.29, 1.82) is 0 Å². The summed E-state index contributed by atoms with van der Waals surface area (Å²) in [5, 5.41) is 8.36. The molecule has 0 spiro atoms. The van der Waals surface area contributed by atoms with Crippen LogP contribution in [-0.4, -0.2) is 12.1 Å². The Balaban J connectivity index is 1.91. The second-order valence-electron chi connectivity index (χ2n) is 4.04. The number of halogens is 1. The Morgan fingerprint density at radius 3 is 2.20 bits per heavy atom. The molecule has 0 aromatic heterocycles. The van der Waals surface area contributed by atoms with Crippen LogP contribution < -0.4 is 0 Å². The Bertz CT molecular complexity index is 417. The van der Waals surface area contributed by atoms with Gasteiger partial charge in [-0.15, -0.1) is 0 Å². The van der Waals surface area contributed by atoms with Crippen molar-refractivity contribution in [2.75, 3.05) is 0 Å². The van der Waals surface area contributed by atoms with E-state index in [1.807, 2.05) is 0 Å². The summed E-state index contributed by atoms with van der Waals surface area (Å²) in [4.78, 5) is 0. The maximum atomic E-state index is 12.7. The normalized spacial score (nSPS) is 27.4. The second kappa shape index (κ2) is 3.26. The van der Waals surface area contributed by atoms with Gasteiger partial charge >= 0.3 is 0 Å². The van der Waals surface area contributed by atoms with Crippen LogP contribution in [0.2, 0.25) is 0 Å². The molecule has 1 aromatic rings. The molecule has 2 aliphatic rings. The van der Waals surface area contributed by atoms with E-state index < -0.39 is 0 Å². The number of benzene rings is 1. The molecule has 3 rings (SSSR count). The van der Waals surface area contributed by atoms with E-state index in [1.54, 1.807) is 12.1 Å². The first-order valence-electron chi connectivity index (χ1n) is 5.20. The molecule has 0 amide bonds. The first-order chi connectivity index (χ1) is 7.33. The first kappa shape index (κ1) is 8.77. The van der Waals surface area contributed by atoms with Crippen LogP contribution in [0, 0.1) is 5.82 Å². The minimum Gasteiger partial charge on any atom is -0.207 e. The minimum atomic E-state index is -0.194. The minimum absolute atomic E-state index is 0.194. The zero-order chi connectivity index (χ0) is 10.3. The van der Waals surface area contributed by atoms with Crippen molar-refractivity contribution in [1.82, 2.24) is 0 Å². The van der Waals surface area contributed by atoms with E-state index in [-0.39, 0.29) is 5.82 Å². The van der Waals surface area contributed by atoms with Gasteiger partial charge in [-0.25, -0.2) is 4.39 Å². The van der Waals surface area contributed by atoms with Crippen molar-refractivity contribution in [3.8, 4) is 0 Å². The largest absolute Gasteiger partial charge is 0.207 e. The molecule has 1 heterocycles. The van der Waals surface area contributed by atoms with E-state index in [2.05, 4.69) is 16.3 Å². The van der Waals surface area contributed by atoms with E-state index in [1.165, 1.54) is 17.7 Å². The van der Waals surface area contributed by atoms with Crippen molar-refractivity contribution >= 4 is 6.08 Å². The number of hydrogen-bond acceptors (Lipinski definition) is 2. The highest BCUT2D eigenvalue weighted by Gasteiger charge is 2.35. The van der Waals surface area contributed by atoms with Crippen molar-refractivity contribution in [3.05, 3.63) is 41.2 Å². The highest BCUT2D eigenvalue weighted by Crippen LogP contribution is 2.37. The third-order valence-electron chi connectivity index (χ3n) is 3.03. The molecule has 2 nitrogen and oxygen atoms in total. The Kier molecular flexibility index (Phi) is 1.91. The van der Waals surface area contributed by atoms with E-state index >= 15 is 0 Å². The predicted molar refractivity (Wildman–Crippen MR) is 56.0 cm³/mol. The number of azo groups is 1. The number of fused-ring (bicyclic) bond motifs is 2. The van der Waals surface area contributed by atoms with Gasteiger partial charge in [0.1, 0.15) is 5.82 Å². The van der Waals surface area contributed by atoms with Crippen LogP contribution in [0.3, 0.4) is 0 Å². The molecule has 0 saturated heterocycles. The van der Waals surface area contributed by atoms with Crippen molar-refractivity contribution < 1.29 is 4.39 Å². The summed E-state index contributed by atoms with van der Waals surface area (Å²) in [6, 6.07) is 7.13. The van der Waals surface area contributed by atoms with E-state index in [0.29, 0.717) is 12.1 Å². The third-order valence-corrected chi connectivity index (χ3v) is 3.03. The molecule has 1 aromatic carbocycles. The maximum Gasteiger partial charge on any atom is 0.123 e. The summed E-state index contributed by atoms with van der Waals surface area (Å²) in [6.45, 7) is 0. The highest BCUT2D eigenvalue weighted by atomic mass is 19.1. The van der Waals surface area contributed by atoms with Gasteiger partial charge in [0.25, 0.3) is 0 Å². The lowest BCUT2D eigenvalue weighted by atomic mass is 10.1. The summed E-state index contributed by atoms with van der Waals surface area (Å²) in [6.07, 6.45) is 4.32. The lowest BCUT2D eigenvalue weighted by molar-refractivity contribution is 0.628. The number of hydrogen-bond donors (Lipinski definition) is 0. The molecule has 0 radical (unpaired) electrons. The Labute approximate surface area is 87.5 Å².